The van der Waals surface area contributed by atoms with Gasteiger partial charge < -0.3 is 9.84 Å². The van der Waals surface area contributed by atoms with E-state index in [0.29, 0.717) is 0 Å². The smallest absolute Gasteiger partial charge is 0.0835 e. The van der Waals surface area contributed by atoms with Crippen LogP contribution in [0.2, 0.25) is 0 Å². The number of aliphatic hydroxyl groups excluding tert-OH is 1. The van der Waals surface area contributed by atoms with Crippen molar-refractivity contribution in [1.29, 1.82) is 0 Å². The summed E-state index contributed by atoms with van der Waals surface area (Å²) in [4.78, 5) is 1.27. The first-order valence-electron chi connectivity index (χ1n) is 5.62. The number of thioether (sulfide) groups is 1. The van der Waals surface area contributed by atoms with Gasteiger partial charge in [0, 0.05) is 16.1 Å². The number of rotatable bonds is 4. The molecule has 88 valence electrons. The van der Waals surface area contributed by atoms with Crippen LogP contribution in [-0.2, 0) is 4.74 Å². The van der Waals surface area contributed by atoms with Gasteiger partial charge in [-0.05, 0) is 26.0 Å². The molecule has 1 fully saturated rings. The Kier molecular flexibility index (Phi) is 3.57. The number of hydrogen-bond acceptors (Lipinski definition) is 3. The van der Waals surface area contributed by atoms with E-state index in [9.17, 15) is 0 Å². The van der Waals surface area contributed by atoms with E-state index in [4.69, 9.17) is 9.84 Å². The maximum absolute atomic E-state index is 8.93. The summed E-state index contributed by atoms with van der Waals surface area (Å²) in [6.45, 7) is 4.54. The van der Waals surface area contributed by atoms with E-state index in [0.717, 1.165) is 6.42 Å². The Morgan fingerprint density at radius 3 is 2.56 bits per heavy atom. The lowest BCUT2D eigenvalue weighted by Crippen LogP contribution is -2.50. The van der Waals surface area contributed by atoms with Crippen LogP contribution >= 0.6 is 11.8 Å². The van der Waals surface area contributed by atoms with Gasteiger partial charge in [0.1, 0.15) is 0 Å². The van der Waals surface area contributed by atoms with Crippen molar-refractivity contribution in [2.75, 3.05) is 6.61 Å². The molecule has 0 bridgehead atoms. The third-order valence-corrected chi connectivity index (χ3v) is 4.23. The molecule has 2 rings (SSSR count). The van der Waals surface area contributed by atoms with E-state index >= 15 is 0 Å². The van der Waals surface area contributed by atoms with Crippen molar-refractivity contribution in [3.63, 3.8) is 0 Å². The Balaban J connectivity index is 1.94. The van der Waals surface area contributed by atoms with Crippen LogP contribution in [0.25, 0.3) is 0 Å². The lowest BCUT2D eigenvalue weighted by atomic mass is 9.94. The molecule has 2 nitrogen and oxygen atoms in total. The standard InChI is InChI=1S/C13H18O2S/c1-13(2,12-8-10(9-14)15-12)16-11-6-4-3-5-7-11/h3-7,10,12,14H,8-9H2,1-2H3/t10-,12-/m1/s1. The lowest BCUT2D eigenvalue weighted by Gasteiger charge is -2.44. The molecular formula is C13H18O2S. The molecule has 1 aliphatic heterocycles. The van der Waals surface area contributed by atoms with E-state index in [-0.39, 0.29) is 23.6 Å². The van der Waals surface area contributed by atoms with Crippen molar-refractivity contribution < 1.29 is 9.84 Å². The van der Waals surface area contributed by atoms with Crippen LogP contribution < -0.4 is 0 Å². The van der Waals surface area contributed by atoms with Crippen LogP contribution in [0.15, 0.2) is 35.2 Å². The minimum atomic E-state index is 0.0562. The predicted molar refractivity (Wildman–Crippen MR) is 66.7 cm³/mol. The first-order valence-corrected chi connectivity index (χ1v) is 6.44. The normalized spacial score (nSPS) is 25.2. The maximum Gasteiger partial charge on any atom is 0.0835 e. The molecule has 0 spiro atoms. The number of ether oxygens (including phenoxy) is 1. The molecule has 0 unspecified atom stereocenters. The van der Waals surface area contributed by atoms with Gasteiger partial charge in [0.05, 0.1) is 18.8 Å². The molecule has 0 amide bonds. The summed E-state index contributed by atoms with van der Waals surface area (Å²) in [5, 5.41) is 8.93. The fraction of sp³-hybridized carbons (Fsp3) is 0.538. The van der Waals surface area contributed by atoms with Crippen molar-refractivity contribution in [3.05, 3.63) is 30.3 Å². The van der Waals surface area contributed by atoms with Gasteiger partial charge in [-0.3, -0.25) is 0 Å². The summed E-state index contributed by atoms with van der Waals surface area (Å²) in [5.74, 6) is 0. The third kappa shape index (κ3) is 2.59. The fourth-order valence-electron chi connectivity index (χ4n) is 1.88. The Bertz CT molecular complexity index is 331. The SMILES string of the molecule is CC(C)(Sc1ccccc1)[C@H]1C[C@H](CO)O1. The van der Waals surface area contributed by atoms with E-state index in [1.54, 1.807) is 0 Å². The minimum Gasteiger partial charge on any atom is -0.394 e. The molecule has 1 aromatic carbocycles. The van der Waals surface area contributed by atoms with Crippen LogP contribution in [0.1, 0.15) is 20.3 Å². The zero-order valence-electron chi connectivity index (χ0n) is 9.72. The Morgan fingerprint density at radius 2 is 2.00 bits per heavy atom. The van der Waals surface area contributed by atoms with Gasteiger partial charge >= 0.3 is 0 Å². The maximum atomic E-state index is 8.93. The van der Waals surface area contributed by atoms with Crippen LogP contribution in [0.3, 0.4) is 0 Å². The lowest BCUT2D eigenvalue weighted by molar-refractivity contribution is -0.152. The minimum absolute atomic E-state index is 0.0562. The topological polar surface area (TPSA) is 29.5 Å². The van der Waals surface area contributed by atoms with Gasteiger partial charge in [-0.15, -0.1) is 11.8 Å². The largest absolute Gasteiger partial charge is 0.394 e. The molecule has 1 N–H and O–H groups in total. The third-order valence-electron chi connectivity index (χ3n) is 2.94. The molecule has 2 atom stereocenters. The molecule has 1 saturated heterocycles. The number of hydrogen-bond donors (Lipinski definition) is 1. The molecule has 16 heavy (non-hydrogen) atoms. The Labute approximate surface area is 101 Å². The molecule has 0 aromatic heterocycles. The second-order valence-corrected chi connectivity index (χ2v) is 6.41. The van der Waals surface area contributed by atoms with Crippen molar-refractivity contribution in [3.8, 4) is 0 Å². The van der Waals surface area contributed by atoms with Crippen LogP contribution in [0, 0.1) is 0 Å². The monoisotopic (exact) mass is 238 g/mol. The highest BCUT2D eigenvalue weighted by atomic mass is 32.2. The summed E-state index contributed by atoms with van der Waals surface area (Å²) in [5.41, 5.74) is 0. The average Bonchev–Trinajstić information content (AvgIpc) is 2.16. The van der Waals surface area contributed by atoms with Gasteiger partial charge in [0.2, 0.25) is 0 Å². The van der Waals surface area contributed by atoms with E-state index in [2.05, 4.69) is 38.1 Å². The van der Waals surface area contributed by atoms with Crippen molar-refractivity contribution in [2.24, 2.45) is 0 Å². The second kappa shape index (κ2) is 4.78. The number of aliphatic hydroxyl groups is 1. The van der Waals surface area contributed by atoms with Crippen LogP contribution in [-0.4, -0.2) is 28.7 Å². The van der Waals surface area contributed by atoms with E-state index in [1.807, 2.05) is 17.8 Å². The first-order chi connectivity index (χ1) is 7.62. The first kappa shape index (κ1) is 12.0. The molecular weight excluding hydrogens is 220 g/mol. The molecule has 0 saturated carbocycles. The molecule has 0 radical (unpaired) electrons. The van der Waals surface area contributed by atoms with E-state index in [1.165, 1.54) is 4.90 Å². The summed E-state index contributed by atoms with van der Waals surface area (Å²) in [7, 11) is 0. The summed E-state index contributed by atoms with van der Waals surface area (Å²) in [6, 6.07) is 10.4. The van der Waals surface area contributed by atoms with Crippen LogP contribution in [0.4, 0.5) is 0 Å². The van der Waals surface area contributed by atoms with Crippen molar-refractivity contribution in [1.82, 2.24) is 0 Å². The average molecular weight is 238 g/mol. The summed E-state index contributed by atoms with van der Waals surface area (Å²) in [6.07, 6.45) is 1.26. The van der Waals surface area contributed by atoms with Gasteiger partial charge in [-0.1, -0.05) is 18.2 Å². The number of benzene rings is 1. The highest BCUT2D eigenvalue weighted by Gasteiger charge is 2.41. The summed E-state index contributed by atoms with van der Waals surface area (Å²) < 4.78 is 5.72. The van der Waals surface area contributed by atoms with E-state index < -0.39 is 0 Å². The quantitative estimate of drug-likeness (QED) is 0.818. The predicted octanol–water partition coefficient (Wildman–Crippen LogP) is 2.71. The van der Waals surface area contributed by atoms with Crippen molar-refractivity contribution >= 4 is 11.8 Å². The zero-order valence-corrected chi connectivity index (χ0v) is 10.5. The Hall–Kier alpha value is -0.510. The Morgan fingerprint density at radius 1 is 1.38 bits per heavy atom. The van der Waals surface area contributed by atoms with Gasteiger partial charge in [0.15, 0.2) is 0 Å². The highest BCUT2D eigenvalue weighted by Crippen LogP contribution is 2.42. The highest BCUT2D eigenvalue weighted by molar-refractivity contribution is 8.00. The second-order valence-electron chi connectivity index (χ2n) is 4.68. The van der Waals surface area contributed by atoms with Gasteiger partial charge in [0.25, 0.3) is 0 Å². The van der Waals surface area contributed by atoms with Gasteiger partial charge in [-0.25, -0.2) is 0 Å². The van der Waals surface area contributed by atoms with Crippen molar-refractivity contribution in [2.45, 2.75) is 42.1 Å². The van der Waals surface area contributed by atoms with Gasteiger partial charge in [-0.2, -0.15) is 0 Å². The molecule has 0 aliphatic carbocycles. The van der Waals surface area contributed by atoms with Crippen LogP contribution in [0.5, 0.6) is 0 Å². The summed E-state index contributed by atoms with van der Waals surface area (Å²) >= 11 is 1.84. The molecule has 3 heteroatoms. The zero-order chi connectivity index (χ0) is 11.6. The fourth-order valence-corrected chi connectivity index (χ4v) is 3.07. The molecule has 1 aromatic rings. The molecule has 1 aliphatic rings. The molecule has 1 heterocycles.